The number of rotatable bonds is 15. The van der Waals surface area contributed by atoms with E-state index in [-0.39, 0.29) is 0 Å². The average Bonchev–Trinajstić information content (AvgIpc) is 0.716. The maximum atomic E-state index is 2.35. The first kappa shape index (κ1) is 71.3. The van der Waals surface area contributed by atoms with E-state index in [1.165, 1.54) is 137 Å². The lowest BCUT2D eigenvalue weighted by molar-refractivity contribution is 1.20. The number of para-hydroxylation sites is 3. The summed E-state index contributed by atoms with van der Waals surface area (Å²) in [6, 6.07) is 157. The molecule has 0 aliphatic heterocycles. The van der Waals surface area contributed by atoms with E-state index in [1.807, 2.05) is 0 Å². The van der Waals surface area contributed by atoms with Gasteiger partial charge in [-0.1, -0.05) is 291 Å². The number of hydrogen-bond acceptors (Lipinski definition) is 6. The van der Waals surface area contributed by atoms with Gasteiger partial charge in [-0.25, -0.2) is 0 Å². The molecule has 21 aromatic rings. The Morgan fingerprint density at radius 3 is 0.862 bits per heavy atom. The highest BCUT2D eigenvalue weighted by molar-refractivity contribution is 6.34. The number of anilines is 15. The lowest BCUT2D eigenvalue weighted by atomic mass is 9.89. The van der Waals surface area contributed by atoms with Crippen LogP contribution in [0.15, 0.2) is 437 Å². The maximum Gasteiger partial charge on any atom is 0.0540 e. The first-order valence-electron chi connectivity index (χ1n) is 39.8. The summed E-state index contributed by atoms with van der Waals surface area (Å²) >= 11 is 0. The summed E-state index contributed by atoms with van der Waals surface area (Å²) < 4.78 is 0. The van der Waals surface area contributed by atoms with Crippen LogP contribution in [0.2, 0.25) is 0 Å². The zero-order valence-corrected chi connectivity index (χ0v) is 65.3. The van der Waals surface area contributed by atoms with Crippen molar-refractivity contribution in [1.82, 2.24) is 0 Å². The fourth-order valence-corrected chi connectivity index (χ4v) is 17.1. The Bertz CT molecular complexity index is 7010. The van der Waals surface area contributed by atoms with Crippen LogP contribution >= 0.6 is 0 Å². The quantitative estimate of drug-likeness (QED) is 0.0747. The Kier molecular flexibility index (Phi) is 19.2. The first-order chi connectivity index (χ1) is 57.2. The predicted octanol–water partition coefficient (Wildman–Crippen LogP) is 30.9. The van der Waals surface area contributed by atoms with Crippen molar-refractivity contribution in [1.29, 1.82) is 0 Å². The Labute approximate surface area is 677 Å². The van der Waals surface area contributed by atoms with Crippen LogP contribution in [-0.2, 0) is 0 Å². The molecule has 0 amide bonds. The third kappa shape index (κ3) is 13.5. The minimum absolute atomic E-state index is 1.12. The minimum atomic E-state index is 1.12. The van der Waals surface area contributed by atoms with Gasteiger partial charge in [-0.2, -0.15) is 0 Å². The summed E-state index contributed by atoms with van der Waals surface area (Å²) in [5.41, 5.74) is 18.6. The number of benzene rings is 21. The summed E-state index contributed by atoms with van der Waals surface area (Å²) in [7, 11) is 6.45. The molecule has 0 unspecified atom stereocenters. The highest BCUT2D eigenvalue weighted by Gasteiger charge is 2.23. The topological polar surface area (TPSA) is 19.4 Å². The number of nitrogens with zero attached hydrogens (tertiary/aromatic N) is 6. The normalized spacial score (nSPS) is 11.3. The fourth-order valence-electron chi connectivity index (χ4n) is 17.1. The molecule has 0 saturated carbocycles. The van der Waals surface area contributed by atoms with Gasteiger partial charge in [-0.15, -0.1) is 0 Å². The highest BCUT2D eigenvalue weighted by Crippen LogP contribution is 2.48. The van der Waals surface area contributed by atoms with E-state index in [9.17, 15) is 0 Å². The van der Waals surface area contributed by atoms with Crippen molar-refractivity contribution in [2.75, 3.05) is 50.5 Å². The maximum absolute atomic E-state index is 2.35. The molecule has 554 valence electrons. The summed E-state index contributed by atoms with van der Waals surface area (Å²) in [6.45, 7) is 2.12. The van der Waals surface area contributed by atoms with Crippen LogP contribution in [0.4, 0.5) is 85.3 Å². The lowest BCUT2D eigenvalue weighted by Gasteiger charge is -2.28. The third-order valence-electron chi connectivity index (χ3n) is 22.9. The largest absolute Gasteiger partial charge is 0.345 e. The van der Waals surface area contributed by atoms with Crippen molar-refractivity contribution in [3.05, 3.63) is 442 Å². The molecule has 6 nitrogen and oxygen atoms in total. The van der Waals surface area contributed by atoms with Gasteiger partial charge < -0.3 is 29.4 Å². The molecule has 6 heteroatoms. The van der Waals surface area contributed by atoms with Crippen molar-refractivity contribution in [3.63, 3.8) is 0 Å². The standard InChI is InChI=1S/C43H30N2.C37H28N2.C30H26N2/c1-44(40-28-27-38-36-19-8-14-30-13-7-18-35(42(30)36)37-20-10-21-39(40)43(37)38)31-23-25-33(26-24-31)45(32-15-3-2-4-16-32)41-22-9-12-29-11-5-6-17-34(29)41;1-38(37-26-28-13-6-7-17-32(28)34-19-9-10-20-35(34)37)29-22-24-31(25-23-29)39(30-15-3-2-4-16-30)36-21-11-14-27-12-5-8-18-33(27)36;1-23-15-17-25(18-16-23)31(2)26-19-21-28(22-20-26)32(27-11-4-3-5-12-27)30-14-8-10-24-9-6-7-13-29(24)30/h2-28H,1H3;2-26H,1H3;3-22H,1-2H3. The van der Waals surface area contributed by atoms with E-state index < -0.39 is 0 Å². The Morgan fingerprint density at radius 1 is 0.147 bits per heavy atom. The van der Waals surface area contributed by atoms with Gasteiger partial charge in [-0.3, -0.25) is 0 Å². The number of aryl methyl sites for hydroxylation is 1. The van der Waals surface area contributed by atoms with Crippen molar-refractivity contribution >= 4 is 182 Å². The van der Waals surface area contributed by atoms with Gasteiger partial charge in [0.05, 0.1) is 17.1 Å². The van der Waals surface area contributed by atoms with Crippen molar-refractivity contribution < 1.29 is 0 Å². The minimum Gasteiger partial charge on any atom is -0.345 e. The molecule has 0 spiro atoms. The smallest absolute Gasteiger partial charge is 0.0540 e. The molecule has 0 atom stereocenters. The molecule has 0 N–H and O–H groups in total. The number of fused-ring (bicyclic) bond motifs is 8. The molecule has 116 heavy (non-hydrogen) atoms. The van der Waals surface area contributed by atoms with Crippen molar-refractivity contribution in [3.8, 4) is 0 Å². The summed E-state index contributed by atoms with van der Waals surface area (Å²) in [5, 5.41) is 23.0. The summed E-state index contributed by atoms with van der Waals surface area (Å²) in [5.74, 6) is 0. The predicted molar refractivity (Wildman–Crippen MR) is 500 cm³/mol. The van der Waals surface area contributed by atoms with E-state index in [0.717, 1.165) is 51.2 Å². The monoisotopic (exact) mass is 1490 g/mol. The van der Waals surface area contributed by atoms with Crippen LogP contribution in [0.3, 0.4) is 0 Å². The molecule has 21 aromatic carbocycles. The highest BCUT2D eigenvalue weighted by atomic mass is 15.2. The Hall–Kier alpha value is -15.0. The molecule has 0 fully saturated rings. The zero-order chi connectivity index (χ0) is 78.0. The van der Waals surface area contributed by atoms with E-state index in [2.05, 4.69) is 494 Å². The second kappa shape index (κ2) is 31.3. The van der Waals surface area contributed by atoms with Crippen LogP contribution in [0.5, 0.6) is 0 Å². The molecule has 0 aliphatic rings. The molecular formula is C110H84N6. The van der Waals surface area contributed by atoms with Crippen LogP contribution in [-0.4, -0.2) is 21.1 Å². The van der Waals surface area contributed by atoms with E-state index >= 15 is 0 Å². The van der Waals surface area contributed by atoms with Gasteiger partial charge in [0.25, 0.3) is 0 Å². The van der Waals surface area contributed by atoms with E-state index in [1.54, 1.807) is 0 Å². The van der Waals surface area contributed by atoms with Gasteiger partial charge in [0.15, 0.2) is 0 Å². The van der Waals surface area contributed by atoms with E-state index in [0.29, 0.717) is 0 Å². The molecule has 0 saturated heterocycles. The van der Waals surface area contributed by atoms with Crippen LogP contribution in [0.1, 0.15) is 5.56 Å². The van der Waals surface area contributed by atoms with Crippen LogP contribution < -0.4 is 29.4 Å². The van der Waals surface area contributed by atoms with Gasteiger partial charge in [-0.05, 0) is 229 Å². The fraction of sp³-hybridized carbons (Fsp3) is 0.0364. The average molecular weight is 1490 g/mol. The van der Waals surface area contributed by atoms with Gasteiger partial charge >= 0.3 is 0 Å². The zero-order valence-electron chi connectivity index (χ0n) is 65.3. The van der Waals surface area contributed by atoms with Gasteiger partial charge in [0.1, 0.15) is 0 Å². The van der Waals surface area contributed by atoms with Crippen molar-refractivity contribution in [2.45, 2.75) is 6.92 Å². The summed E-state index contributed by atoms with van der Waals surface area (Å²) in [4.78, 5) is 13.9. The molecule has 0 aromatic heterocycles. The third-order valence-corrected chi connectivity index (χ3v) is 22.9. The SMILES string of the molecule is CN(c1ccc(N(c2ccccc2)c2cccc3ccccc23)cc1)c1cc2ccccc2c2ccccc12.CN(c1ccc(N(c2ccccc2)c2cccc3ccccc23)cc1)c1ccc2c3cccc4cccc(c5cccc1c52)c43.Cc1ccc(N(C)c2ccc(N(c3ccccc3)c3cccc4ccccc34)cc2)cc1. The molecular weight excluding hydrogens is 1410 g/mol. The van der Waals surface area contributed by atoms with Gasteiger partial charge in [0.2, 0.25) is 0 Å². The van der Waals surface area contributed by atoms with Crippen LogP contribution in [0, 0.1) is 6.92 Å². The van der Waals surface area contributed by atoms with Gasteiger partial charge in [0, 0.05) is 116 Å². The molecule has 0 bridgehead atoms. The summed E-state index contributed by atoms with van der Waals surface area (Å²) in [6.07, 6.45) is 0. The molecule has 21 rings (SSSR count). The first-order valence-corrected chi connectivity index (χ1v) is 39.8. The second-order valence-electron chi connectivity index (χ2n) is 29.8. The second-order valence-corrected chi connectivity index (χ2v) is 29.8. The molecule has 0 heterocycles. The number of hydrogen-bond donors (Lipinski definition) is 0. The van der Waals surface area contributed by atoms with Crippen LogP contribution in [0.25, 0.3) is 97.0 Å². The van der Waals surface area contributed by atoms with E-state index in [4.69, 9.17) is 0 Å². The Morgan fingerprint density at radius 2 is 0.422 bits per heavy atom. The van der Waals surface area contributed by atoms with Crippen molar-refractivity contribution in [2.24, 2.45) is 0 Å². The lowest BCUT2D eigenvalue weighted by Crippen LogP contribution is -2.12. The molecule has 0 radical (unpaired) electrons. The molecule has 0 aliphatic carbocycles. The Balaban J connectivity index is 0.000000118.